The van der Waals surface area contributed by atoms with Crippen LogP contribution in [-0.2, 0) is 23.7 Å². The summed E-state index contributed by atoms with van der Waals surface area (Å²) in [6, 6.07) is 0. The van der Waals surface area contributed by atoms with Gasteiger partial charge in [0.1, 0.15) is 11.5 Å². The number of ether oxygens (including phenoxy) is 4. The van der Waals surface area contributed by atoms with Crippen molar-refractivity contribution in [2.45, 2.75) is 56.0 Å². The quantitative estimate of drug-likeness (QED) is 0.469. The van der Waals surface area contributed by atoms with Gasteiger partial charge in [0.25, 0.3) is 0 Å². The molecule has 3 fully saturated rings. The Morgan fingerprint density at radius 2 is 2.06 bits per heavy atom. The van der Waals surface area contributed by atoms with Crippen LogP contribution in [0, 0.1) is 0 Å². The van der Waals surface area contributed by atoms with Gasteiger partial charge in [0.15, 0.2) is 24.3 Å². The second-order valence-electron chi connectivity index (χ2n) is 4.75. The first-order chi connectivity index (χ1) is 7.46. The molecule has 90 valence electrons. The van der Waals surface area contributed by atoms with E-state index in [0.29, 0.717) is 6.42 Å². The van der Waals surface area contributed by atoms with E-state index >= 15 is 0 Å². The van der Waals surface area contributed by atoms with Gasteiger partial charge in [0.05, 0.1) is 0 Å². The molecule has 3 saturated heterocycles. The molecule has 3 rings (SSSR count). The van der Waals surface area contributed by atoms with Gasteiger partial charge >= 0.3 is 5.97 Å². The normalized spacial score (nSPS) is 49.7. The summed E-state index contributed by atoms with van der Waals surface area (Å²) in [4.78, 5) is 11.4. The number of halogens is 1. The zero-order chi connectivity index (χ0) is 11.5. The summed E-state index contributed by atoms with van der Waals surface area (Å²) in [6.45, 7) is 3.61. The van der Waals surface area contributed by atoms with Crippen LogP contribution in [-0.4, -0.2) is 41.7 Å². The number of alkyl halides is 1. The predicted octanol–water partition coefficient (Wildman–Crippen LogP) is 0.786. The van der Waals surface area contributed by atoms with Gasteiger partial charge in [-0.1, -0.05) is 0 Å². The van der Waals surface area contributed by atoms with Crippen molar-refractivity contribution in [3.05, 3.63) is 0 Å². The van der Waals surface area contributed by atoms with E-state index in [-0.39, 0.29) is 12.2 Å². The molecule has 0 amide bonds. The molecule has 0 spiro atoms. The van der Waals surface area contributed by atoms with Crippen molar-refractivity contribution in [3.63, 3.8) is 0 Å². The molecule has 0 aromatic rings. The Bertz CT molecular complexity index is 331. The van der Waals surface area contributed by atoms with Gasteiger partial charge in [-0.25, -0.2) is 0 Å². The Morgan fingerprint density at radius 3 is 2.81 bits per heavy atom. The number of esters is 1. The van der Waals surface area contributed by atoms with Crippen LogP contribution >= 0.6 is 11.6 Å². The van der Waals surface area contributed by atoms with Gasteiger partial charge in [0.2, 0.25) is 0 Å². The minimum Gasteiger partial charge on any atom is -0.455 e. The fraction of sp³-hybridized carbons (Fsp3) is 0.900. The monoisotopic (exact) mass is 248 g/mol. The van der Waals surface area contributed by atoms with Gasteiger partial charge in [-0.15, -0.1) is 11.6 Å². The molecule has 0 radical (unpaired) electrons. The maximum absolute atomic E-state index is 11.4. The molecule has 5 nitrogen and oxygen atoms in total. The van der Waals surface area contributed by atoms with Crippen molar-refractivity contribution < 1.29 is 23.7 Å². The highest BCUT2D eigenvalue weighted by atomic mass is 35.5. The minimum atomic E-state index is -0.690. The van der Waals surface area contributed by atoms with E-state index in [1.165, 1.54) is 0 Å². The molecular weight excluding hydrogens is 236 g/mol. The largest absolute Gasteiger partial charge is 0.455 e. The van der Waals surface area contributed by atoms with E-state index < -0.39 is 29.5 Å². The third kappa shape index (κ3) is 1.54. The zero-order valence-electron chi connectivity index (χ0n) is 9.01. The molecule has 0 bridgehead atoms. The molecule has 0 aromatic carbocycles. The molecule has 0 aliphatic carbocycles. The van der Waals surface area contributed by atoms with Crippen LogP contribution in [0.5, 0.6) is 0 Å². The second kappa shape index (κ2) is 3.32. The first-order valence-corrected chi connectivity index (χ1v) is 5.75. The van der Waals surface area contributed by atoms with Gasteiger partial charge < -0.3 is 18.9 Å². The van der Waals surface area contributed by atoms with Gasteiger partial charge in [-0.3, -0.25) is 4.79 Å². The predicted molar refractivity (Wildman–Crippen MR) is 52.8 cm³/mol. The number of hydrogen-bond donors (Lipinski definition) is 0. The van der Waals surface area contributed by atoms with Crippen LogP contribution in [0.15, 0.2) is 0 Å². The smallest absolute Gasteiger partial charge is 0.324 e. The average Bonchev–Trinajstić information content (AvgIpc) is 2.60. The van der Waals surface area contributed by atoms with Crippen LogP contribution in [0.4, 0.5) is 0 Å². The molecular formula is C10H13ClO5. The molecule has 3 heterocycles. The van der Waals surface area contributed by atoms with Crippen molar-refractivity contribution in [1.29, 1.82) is 0 Å². The number of carbonyl (C=O) groups is 1. The second-order valence-corrected chi connectivity index (χ2v) is 5.27. The summed E-state index contributed by atoms with van der Waals surface area (Å²) in [6.07, 6.45) is -0.959. The van der Waals surface area contributed by atoms with Crippen molar-refractivity contribution >= 4 is 17.6 Å². The SMILES string of the molecule is CC1(C)O[C@H]2O[C@@H]3C[C@H](Cl)C(=O)O[C@@H]3[C@H]2O1. The molecule has 0 unspecified atom stereocenters. The first-order valence-electron chi connectivity index (χ1n) is 5.32. The van der Waals surface area contributed by atoms with E-state index in [1.54, 1.807) is 13.8 Å². The standard InChI is InChI=1S/C10H13ClO5/c1-10(2)15-7-6-5(13-9(7)16-10)3-4(11)8(12)14-6/h4-7,9H,3H2,1-2H3/t4-,5+,6-,7+,9+/m0/s1. The molecule has 3 aliphatic rings. The van der Waals surface area contributed by atoms with Crippen molar-refractivity contribution in [1.82, 2.24) is 0 Å². The highest BCUT2D eigenvalue weighted by Gasteiger charge is 2.58. The molecule has 5 atom stereocenters. The number of hydrogen-bond acceptors (Lipinski definition) is 5. The lowest BCUT2D eigenvalue weighted by Crippen LogP contribution is -2.45. The van der Waals surface area contributed by atoms with E-state index in [1.807, 2.05) is 0 Å². The maximum atomic E-state index is 11.4. The zero-order valence-corrected chi connectivity index (χ0v) is 9.77. The third-order valence-electron chi connectivity index (χ3n) is 3.03. The van der Waals surface area contributed by atoms with E-state index in [9.17, 15) is 4.79 Å². The molecule has 16 heavy (non-hydrogen) atoms. The lowest BCUT2D eigenvalue weighted by molar-refractivity contribution is -0.224. The van der Waals surface area contributed by atoms with Crippen molar-refractivity contribution in [2.75, 3.05) is 0 Å². The Kier molecular flexibility index (Phi) is 2.24. The van der Waals surface area contributed by atoms with Crippen LogP contribution in [0.3, 0.4) is 0 Å². The first kappa shape index (κ1) is 10.8. The fourth-order valence-corrected chi connectivity index (χ4v) is 2.61. The lowest BCUT2D eigenvalue weighted by Gasteiger charge is -2.30. The highest BCUT2D eigenvalue weighted by molar-refractivity contribution is 6.30. The Labute approximate surface area is 97.9 Å². The average molecular weight is 249 g/mol. The lowest BCUT2D eigenvalue weighted by atomic mass is 10.0. The van der Waals surface area contributed by atoms with Crippen molar-refractivity contribution in [2.24, 2.45) is 0 Å². The van der Waals surface area contributed by atoms with Crippen molar-refractivity contribution in [3.8, 4) is 0 Å². The molecule has 0 N–H and O–H groups in total. The van der Waals surface area contributed by atoms with Crippen LogP contribution < -0.4 is 0 Å². The van der Waals surface area contributed by atoms with Crippen LogP contribution in [0.1, 0.15) is 20.3 Å². The Hall–Kier alpha value is -0.360. The van der Waals surface area contributed by atoms with E-state index in [4.69, 9.17) is 30.5 Å². The Morgan fingerprint density at radius 1 is 1.31 bits per heavy atom. The summed E-state index contributed by atoms with van der Waals surface area (Å²) in [5.74, 6) is -1.09. The van der Waals surface area contributed by atoms with Gasteiger partial charge in [-0.05, 0) is 13.8 Å². The van der Waals surface area contributed by atoms with E-state index in [2.05, 4.69) is 0 Å². The molecule has 3 aliphatic heterocycles. The summed E-state index contributed by atoms with van der Waals surface area (Å²) in [7, 11) is 0. The highest BCUT2D eigenvalue weighted by Crippen LogP contribution is 2.42. The van der Waals surface area contributed by atoms with Crippen LogP contribution in [0.2, 0.25) is 0 Å². The molecule has 6 heteroatoms. The Balaban J connectivity index is 1.79. The maximum Gasteiger partial charge on any atom is 0.324 e. The summed E-state index contributed by atoms with van der Waals surface area (Å²) < 4.78 is 22.1. The number of rotatable bonds is 0. The molecule has 0 saturated carbocycles. The summed E-state index contributed by atoms with van der Waals surface area (Å²) in [5, 5.41) is -0.631. The number of carbonyl (C=O) groups excluding carboxylic acids is 1. The topological polar surface area (TPSA) is 54.0 Å². The summed E-state index contributed by atoms with van der Waals surface area (Å²) >= 11 is 5.81. The van der Waals surface area contributed by atoms with E-state index in [0.717, 1.165) is 0 Å². The molecule has 0 aromatic heterocycles. The van der Waals surface area contributed by atoms with Gasteiger partial charge in [0, 0.05) is 6.42 Å². The van der Waals surface area contributed by atoms with Gasteiger partial charge in [-0.2, -0.15) is 0 Å². The van der Waals surface area contributed by atoms with Crippen LogP contribution in [0.25, 0.3) is 0 Å². The minimum absolute atomic E-state index is 0.216. The fourth-order valence-electron chi connectivity index (χ4n) is 2.39. The third-order valence-corrected chi connectivity index (χ3v) is 3.39. The number of fused-ring (bicyclic) bond motifs is 3. The summed E-state index contributed by atoms with van der Waals surface area (Å²) in [5.41, 5.74) is 0.